The molecule has 0 amide bonds. The fourth-order valence-corrected chi connectivity index (χ4v) is 2.11. The van der Waals surface area contributed by atoms with Gasteiger partial charge in [-0.15, -0.1) is 11.6 Å². The van der Waals surface area contributed by atoms with Crippen LogP contribution < -0.4 is 4.72 Å². The van der Waals surface area contributed by atoms with Crippen molar-refractivity contribution in [1.82, 2.24) is 4.72 Å². The maximum absolute atomic E-state index is 10.9. The first-order chi connectivity index (χ1) is 5.09. The van der Waals surface area contributed by atoms with Crippen molar-refractivity contribution in [2.75, 3.05) is 5.21 Å². The lowest BCUT2D eigenvalue weighted by Crippen LogP contribution is -2.27. The number of alkyl halides is 1. The Bertz CT molecular complexity index is 227. The number of sulfonamides is 1. The highest BCUT2D eigenvalue weighted by Crippen LogP contribution is 2.33. The Morgan fingerprint density at radius 2 is 2.27 bits per heavy atom. The summed E-state index contributed by atoms with van der Waals surface area (Å²) in [5.74, 6) is 0.535. The Morgan fingerprint density at radius 3 is 2.64 bits per heavy atom. The minimum Gasteiger partial charge on any atom is -0.211 e. The van der Waals surface area contributed by atoms with Crippen LogP contribution in [0, 0.1) is 5.92 Å². The molecule has 1 rings (SSSR count). The standard InChI is InChI=1S/C6H12ClNO2S/c1-2-5-3-6(5)8-11(9,10)4-7/h5-6,8H,2-4H2,1H3. The Hall–Kier alpha value is 0.200. The van der Waals surface area contributed by atoms with Crippen molar-refractivity contribution in [3.8, 4) is 0 Å². The third-order valence-electron chi connectivity index (χ3n) is 1.92. The van der Waals surface area contributed by atoms with Crippen LogP contribution in [0.4, 0.5) is 0 Å². The molecule has 1 aliphatic carbocycles. The van der Waals surface area contributed by atoms with Gasteiger partial charge in [0.2, 0.25) is 10.0 Å². The van der Waals surface area contributed by atoms with Gasteiger partial charge in [0.05, 0.1) is 0 Å². The van der Waals surface area contributed by atoms with Gasteiger partial charge >= 0.3 is 0 Å². The molecule has 0 bridgehead atoms. The molecule has 0 heterocycles. The summed E-state index contributed by atoms with van der Waals surface area (Å²) in [5, 5.41) is -0.333. The lowest BCUT2D eigenvalue weighted by atomic mass is 10.3. The van der Waals surface area contributed by atoms with Crippen molar-refractivity contribution < 1.29 is 8.42 Å². The molecular formula is C6H12ClNO2S. The van der Waals surface area contributed by atoms with Gasteiger partial charge in [-0.3, -0.25) is 0 Å². The van der Waals surface area contributed by atoms with E-state index in [0.717, 1.165) is 12.8 Å². The summed E-state index contributed by atoms with van der Waals surface area (Å²) in [7, 11) is -3.18. The van der Waals surface area contributed by atoms with E-state index in [1.807, 2.05) is 0 Å². The summed E-state index contributed by atoms with van der Waals surface area (Å²) in [5.41, 5.74) is 0. The lowest BCUT2D eigenvalue weighted by Gasteiger charge is -2.00. The molecular weight excluding hydrogens is 186 g/mol. The molecule has 1 N–H and O–H groups in total. The van der Waals surface area contributed by atoms with Gasteiger partial charge in [0.25, 0.3) is 0 Å². The average molecular weight is 198 g/mol. The topological polar surface area (TPSA) is 46.2 Å². The van der Waals surface area contributed by atoms with Crippen LogP contribution >= 0.6 is 11.6 Å². The monoisotopic (exact) mass is 197 g/mol. The summed E-state index contributed by atoms with van der Waals surface area (Å²) in [6, 6.07) is 0.156. The molecule has 1 saturated carbocycles. The normalized spacial score (nSPS) is 30.4. The van der Waals surface area contributed by atoms with E-state index in [9.17, 15) is 8.42 Å². The maximum Gasteiger partial charge on any atom is 0.225 e. The average Bonchev–Trinajstić information content (AvgIpc) is 2.67. The van der Waals surface area contributed by atoms with Gasteiger partial charge in [0, 0.05) is 6.04 Å². The number of rotatable bonds is 4. The molecule has 1 fully saturated rings. The number of hydrogen-bond acceptors (Lipinski definition) is 2. The highest BCUT2D eigenvalue weighted by atomic mass is 35.5. The molecule has 5 heteroatoms. The van der Waals surface area contributed by atoms with Gasteiger partial charge in [0.1, 0.15) is 5.21 Å². The first-order valence-electron chi connectivity index (χ1n) is 3.65. The van der Waals surface area contributed by atoms with Crippen LogP contribution in [0.15, 0.2) is 0 Å². The van der Waals surface area contributed by atoms with Crippen LogP contribution in [-0.2, 0) is 10.0 Å². The summed E-state index contributed by atoms with van der Waals surface area (Å²) in [6.07, 6.45) is 2.00. The number of nitrogens with one attached hydrogen (secondary N) is 1. The summed E-state index contributed by atoms with van der Waals surface area (Å²) in [4.78, 5) is 0. The van der Waals surface area contributed by atoms with Crippen LogP contribution in [0.25, 0.3) is 0 Å². The SMILES string of the molecule is CCC1CC1NS(=O)(=O)CCl. The molecule has 0 radical (unpaired) electrons. The predicted octanol–water partition coefficient (Wildman–Crippen LogP) is 0.901. The van der Waals surface area contributed by atoms with Crippen molar-refractivity contribution in [2.24, 2.45) is 5.92 Å². The fourth-order valence-electron chi connectivity index (χ4n) is 1.11. The van der Waals surface area contributed by atoms with Crippen LogP contribution in [0.3, 0.4) is 0 Å². The molecule has 0 aliphatic heterocycles. The van der Waals surface area contributed by atoms with Gasteiger partial charge in [0.15, 0.2) is 0 Å². The highest BCUT2D eigenvalue weighted by molar-refractivity contribution is 7.90. The van der Waals surface area contributed by atoms with Crippen molar-refractivity contribution in [3.05, 3.63) is 0 Å². The van der Waals surface area contributed by atoms with Crippen molar-refractivity contribution >= 4 is 21.6 Å². The Balaban J connectivity index is 2.34. The Kier molecular flexibility index (Phi) is 2.78. The molecule has 2 atom stereocenters. The zero-order chi connectivity index (χ0) is 8.48. The van der Waals surface area contributed by atoms with Crippen molar-refractivity contribution in [2.45, 2.75) is 25.8 Å². The van der Waals surface area contributed by atoms with E-state index in [2.05, 4.69) is 11.6 Å². The first-order valence-corrected chi connectivity index (χ1v) is 5.83. The molecule has 0 aromatic heterocycles. The van der Waals surface area contributed by atoms with Gasteiger partial charge in [-0.1, -0.05) is 13.3 Å². The van der Waals surface area contributed by atoms with Gasteiger partial charge in [-0.05, 0) is 12.3 Å². The summed E-state index contributed by atoms with van der Waals surface area (Å²) < 4.78 is 24.3. The van der Waals surface area contributed by atoms with Crippen LogP contribution in [-0.4, -0.2) is 19.7 Å². The van der Waals surface area contributed by atoms with E-state index in [-0.39, 0.29) is 11.3 Å². The molecule has 11 heavy (non-hydrogen) atoms. The third kappa shape index (κ3) is 2.61. The molecule has 1 aliphatic rings. The van der Waals surface area contributed by atoms with Gasteiger partial charge < -0.3 is 0 Å². The molecule has 66 valence electrons. The minimum atomic E-state index is -3.18. The van der Waals surface area contributed by atoms with Crippen LogP contribution in [0.2, 0.25) is 0 Å². The fraction of sp³-hybridized carbons (Fsp3) is 1.00. The van der Waals surface area contributed by atoms with Crippen LogP contribution in [0.1, 0.15) is 19.8 Å². The molecule has 0 saturated heterocycles. The second kappa shape index (κ2) is 3.29. The van der Waals surface area contributed by atoms with E-state index < -0.39 is 10.0 Å². The van der Waals surface area contributed by atoms with E-state index in [1.54, 1.807) is 0 Å². The zero-order valence-electron chi connectivity index (χ0n) is 6.38. The van der Waals surface area contributed by atoms with E-state index >= 15 is 0 Å². The second-order valence-electron chi connectivity index (χ2n) is 2.85. The number of halogens is 1. The highest BCUT2D eigenvalue weighted by Gasteiger charge is 2.37. The smallest absolute Gasteiger partial charge is 0.211 e. The third-order valence-corrected chi connectivity index (χ3v) is 3.73. The Labute approximate surface area is 72.2 Å². The lowest BCUT2D eigenvalue weighted by molar-refractivity contribution is 0.580. The first kappa shape index (κ1) is 9.29. The van der Waals surface area contributed by atoms with E-state index in [4.69, 9.17) is 11.6 Å². The van der Waals surface area contributed by atoms with E-state index in [1.165, 1.54) is 0 Å². The molecule has 2 unspecified atom stereocenters. The minimum absolute atomic E-state index is 0.156. The van der Waals surface area contributed by atoms with Crippen molar-refractivity contribution in [1.29, 1.82) is 0 Å². The maximum atomic E-state index is 10.9. The van der Waals surface area contributed by atoms with E-state index in [0.29, 0.717) is 5.92 Å². The number of hydrogen-bond donors (Lipinski definition) is 1. The molecule has 0 aromatic carbocycles. The van der Waals surface area contributed by atoms with Crippen molar-refractivity contribution in [3.63, 3.8) is 0 Å². The predicted molar refractivity (Wildman–Crippen MR) is 45.0 cm³/mol. The Morgan fingerprint density at radius 1 is 1.64 bits per heavy atom. The largest absolute Gasteiger partial charge is 0.225 e. The summed E-state index contributed by atoms with van der Waals surface area (Å²) in [6.45, 7) is 2.06. The molecule has 0 spiro atoms. The second-order valence-corrected chi connectivity index (χ2v) is 5.19. The van der Waals surface area contributed by atoms with Gasteiger partial charge in [-0.25, -0.2) is 13.1 Å². The van der Waals surface area contributed by atoms with Crippen LogP contribution in [0.5, 0.6) is 0 Å². The molecule has 0 aromatic rings. The quantitative estimate of drug-likeness (QED) is 0.681. The summed E-state index contributed by atoms with van der Waals surface area (Å²) >= 11 is 5.21. The van der Waals surface area contributed by atoms with Gasteiger partial charge in [-0.2, -0.15) is 0 Å². The molecule has 3 nitrogen and oxygen atoms in total. The zero-order valence-corrected chi connectivity index (χ0v) is 7.95.